The predicted molar refractivity (Wildman–Crippen MR) is 91.1 cm³/mol. The number of nitrogens with one attached hydrogen (secondary N) is 1. The number of fused-ring (bicyclic) bond motifs is 1. The van der Waals surface area contributed by atoms with Crippen molar-refractivity contribution < 1.29 is 9.32 Å². The van der Waals surface area contributed by atoms with Crippen LogP contribution in [0.2, 0.25) is 0 Å². The van der Waals surface area contributed by atoms with Gasteiger partial charge in [0.25, 0.3) is 0 Å². The predicted octanol–water partition coefficient (Wildman–Crippen LogP) is 4.29. The third kappa shape index (κ3) is 2.66. The van der Waals surface area contributed by atoms with Crippen molar-refractivity contribution in [2.75, 3.05) is 11.9 Å². The van der Waals surface area contributed by atoms with Crippen LogP contribution in [-0.4, -0.2) is 22.6 Å². The molecule has 23 heavy (non-hydrogen) atoms. The summed E-state index contributed by atoms with van der Waals surface area (Å²) in [6.07, 6.45) is 0.889. The maximum Gasteiger partial charge on any atom is 0.323 e. The molecule has 0 aromatic carbocycles. The summed E-state index contributed by atoms with van der Waals surface area (Å²) in [6, 6.07) is 7.79. The zero-order valence-electron chi connectivity index (χ0n) is 12.5. The van der Waals surface area contributed by atoms with Crippen LogP contribution in [-0.2, 0) is 6.42 Å². The van der Waals surface area contributed by atoms with Gasteiger partial charge in [0.1, 0.15) is 5.76 Å². The molecule has 0 saturated heterocycles. The molecular formula is C16H15N3O2S2. The van der Waals surface area contributed by atoms with Gasteiger partial charge < -0.3 is 9.42 Å². The number of hydrogen-bond acceptors (Lipinski definition) is 5. The molecule has 1 N–H and O–H groups in total. The van der Waals surface area contributed by atoms with E-state index in [1.807, 2.05) is 16.3 Å². The highest BCUT2D eigenvalue weighted by Gasteiger charge is 2.33. The Balaban J connectivity index is 1.65. The zero-order valence-corrected chi connectivity index (χ0v) is 14.1. The minimum Gasteiger partial charge on any atom is -0.360 e. The fraction of sp³-hybridized carbons (Fsp3) is 0.250. The SMILES string of the molecule is Cc1cc(NC(=O)N2CCc3sccc3[C@H]2c2cccs2)no1. The van der Waals surface area contributed by atoms with Crippen LogP contribution in [0, 0.1) is 6.92 Å². The fourth-order valence-electron chi connectivity index (χ4n) is 2.90. The Morgan fingerprint density at radius 3 is 3.04 bits per heavy atom. The Morgan fingerprint density at radius 2 is 2.30 bits per heavy atom. The number of hydrogen-bond donors (Lipinski definition) is 1. The number of nitrogens with zero attached hydrogens (tertiary/aromatic N) is 2. The Hall–Kier alpha value is -2.12. The molecule has 0 spiro atoms. The van der Waals surface area contributed by atoms with Crippen LogP contribution in [0.25, 0.3) is 0 Å². The fourth-order valence-corrected chi connectivity index (χ4v) is 4.65. The van der Waals surface area contributed by atoms with Crippen molar-refractivity contribution in [3.63, 3.8) is 0 Å². The van der Waals surface area contributed by atoms with Gasteiger partial charge in [-0.1, -0.05) is 11.2 Å². The molecular weight excluding hydrogens is 330 g/mol. The van der Waals surface area contributed by atoms with Crippen molar-refractivity contribution in [1.82, 2.24) is 10.1 Å². The van der Waals surface area contributed by atoms with Crippen LogP contribution in [0.15, 0.2) is 39.5 Å². The van der Waals surface area contributed by atoms with Gasteiger partial charge in [0, 0.05) is 22.4 Å². The van der Waals surface area contributed by atoms with Crippen LogP contribution >= 0.6 is 22.7 Å². The second kappa shape index (κ2) is 5.82. The van der Waals surface area contributed by atoms with E-state index >= 15 is 0 Å². The lowest BCUT2D eigenvalue weighted by molar-refractivity contribution is 0.195. The molecule has 0 fully saturated rings. The molecule has 0 saturated carbocycles. The average Bonchev–Trinajstić information content (AvgIpc) is 3.27. The first-order valence-electron chi connectivity index (χ1n) is 7.33. The zero-order chi connectivity index (χ0) is 15.8. The summed E-state index contributed by atoms with van der Waals surface area (Å²) in [5, 5.41) is 10.8. The highest BCUT2D eigenvalue weighted by atomic mass is 32.1. The lowest BCUT2D eigenvalue weighted by Gasteiger charge is -2.35. The first-order valence-corrected chi connectivity index (χ1v) is 9.09. The van der Waals surface area contributed by atoms with E-state index in [0.29, 0.717) is 18.1 Å². The van der Waals surface area contributed by atoms with E-state index in [-0.39, 0.29) is 12.1 Å². The largest absolute Gasteiger partial charge is 0.360 e. The van der Waals surface area contributed by atoms with Crippen molar-refractivity contribution in [3.8, 4) is 0 Å². The van der Waals surface area contributed by atoms with Crippen molar-refractivity contribution in [2.24, 2.45) is 0 Å². The van der Waals surface area contributed by atoms with Gasteiger partial charge in [-0.25, -0.2) is 4.79 Å². The number of anilines is 1. The number of aromatic nitrogens is 1. The highest BCUT2D eigenvalue weighted by Crippen LogP contribution is 2.39. The molecule has 0 aliphatic carbocycles. The number of rotatable bonds is 2. The summed E-state index contributed by atoms with van der Waals surface area (Å²) in [5.41, 5.74) is 1.23. The average molecular weight is 345 g/mol. The normalized spacial score (nSPS) is 17.1. The van der Waals surface area contributed by atoms with E-state index in [1.165, 1.54) is 15.3 Å². The standard InChI is InChI=1S/C16H15N3O2S2/c1-10-9-14(18-21-10)17-16(20)19-6-4-12-11(5-8-23-12)15(19)13-3-2-7-22-13/h2-3,5,7-9,15H,4,6H2,1H3,(H,17,18,20)/t15-/m0/s1. The number of thiophene rings is 2. The number of urea groups is 1. The molecule has 4 rings (SSSR count). The van der Waals surface area contributed by atoms with Crippen molar-refractivity contribution in [3.05, 3.63) is 56.1 Å². The molecule has 7 heteroatoms. The molecule has 0 unspecified atom stereocenters. The summed E-state index contributed by atoms with van der Waals surface area (Å²) in [5.74, 6) is 1.13. The first-order chi connectivity index (χ1) is 11.2. The smallest absolute Gasteiger partial charge is 0.323 e. The first kappa shape index (κ1) is 14.5. The summed E-state index contributed by atoms with van der Waals surface area (Å²) >= 11 is 3.44. The Labute approximate surface area is 141 Å². The van der Waals surface area contributed by atoms with Crippen LogP contribution in [0.5, 0.6) is 0 Å². The molecule has 3 aromatic rings. The minimum atomic E-state index is -0.145. The maximum absolute atomic E-state index is 12.8. The third-order valence-electron chi connectivity index (χ3n) is 3.90. The van der Waals surface area contributed by atoms with Gasteiger partial charge in [-0.15, -0.1) is 22.7 Å². The lowest BCUT2D eigenvalue weighted by atomic mass is 9.99. The van der Waals surface area contributed by atoms with Crippen molar-refractivity contribution in [1.29, 1.82) is 0 Å². The lowest BCUT2D eigenvalue weighted by Crippen LogP contribution is -2.42. The van der Waals surface area contributed by atoms with Crippen LogP contribution in [0.1, 0.15) is 27.1 Å². The van der Waals surface area contributed by atoms with E-state index in [1.54, 1.807) is 35.7 Å². The molecule has 3 aromatic heterocycles. The summed E-state index contributed by atoms with van der Waals surface area (Å²) in [4.78, 5) is 17.2. The van der Waals surface area contributed by atoms with Crippen molar-refractivity contribution in [2.45, 2.75) is 19.4 Å². The molecule has 1 aliphatic rings. The van der Waals surface area contributed by atoms with Gasteiger partial charge in [-0.2, -0.15) is 0 Å². The molecule has 1 atom stereocenters. The number of aryl methyl sites for hydroxylation is 1. The van der Waals surface area contributed by atoms with Gasteiger partial charge in [0.15, 0.2) is 5.82 Å². The molecule has 0 radical (unpaired) electrons. The number of carbonyl (C=O) groups is 1. The summed E-state index contributed by atoms with van der Waals surface area (Å²) in [6.45, 7) is 2.49. The second-order valence-electron chi connectivity index (χ2n) is 5.41. The highest BCUT2D eigenvalue weighted by molar-refractivity contribution is 7.10. The molecule has 118 valence electrons. The van der Waals surface area contributed by atoms with Crippen LogP contribution in [0.3, 0.4) is 0 Å². The van der Waals surface area contributed by atoms with Crippen LogP contribution < -0.4 is 5.32 Å². The molecule has 1 aliphatic heterocycles. The van der Waals surface area contributed by atoms with E-state index in [2.05, 4.69) is 28.0 Å². The van der Waals surface area contributed by atoms with Gasteiger partial charge in [0.05, 0.1) is 6.04 Å². The molecule has 4 heterocycles. The quantitative estimate of drug-likeness (QED) is 0.754. The monoisotopic (exact) mass is 345 g/mol. The van der Waals surface area contributed by atoms with Gasteiger partial charge in [-0.05, 0) is 41.8 Å². The van der Waals surface area contributed by atoms with Crippen LogP contribution in [0.4, 0.5) is 10.6 Å². The Bertz CT molecular complexity index is 822. The summed E-state index contributed by atoms with van der Waals surface area (Å²) < 4.78 is 5.02. The van der Waals surface area contributed by atoms with Crippen molar-refractivity contribution >= 4 is 34.5 Å². The van der Waals surface area contributed by atoms with Gasteiger partial charge >= 0.3 is 6.03 Å². The number of carbonyl (C=O) groups excluding carboxylic acids is 1. The van der Waals surface area contributed by atoms with E-state index in [0.717, 1.165) is 6.42 Å². The second-order valence-corrected chi connectivity index (χ2v) is 7.39. The van der Waals surface area contributed by atoms with Gasteiger partial charge in [-0.3, -0.25) is 5.32 Å². The minimum absolute atomic E-state index is 0.0296. The van der Waals surface area contributed by atoms with E-state index in [4.69, 9.17) is 4.52 Å². The maximum atomic E-state index is 12.8. The van der Waals surface area contributed by atoms with Gasteiger partial charge in [0.2, 0.25) is 0 Å². The third-order valence-corrected chi connectivity index (χ3v) is 5.82. The Kier molecular flexibility index (Phi) is 3.66. The molecule has 2 amide bonds. The van der Waals surface area contributed by atoms with E-state index in [9.17, 15) is 4.79 Å². The summed E-state index contributed by atoms with van der Waals surface area (Å²) in [7, 11) is 0. The van der Waals surface area contributed by atoms with E-state index < -0.39 is 0 Å². The topological polar surface area (TPSA) is 58.4 Å². The molecule has 5 nitrogen and oxygen atoms in total. The Morgan fingerprint density at radius 1 is 1.39 bits per heavy atom. The molecule has 0 bridgehead atoms. The number of amides is 2.